The molecule has 0 unspecified atom stereocenters. The molecule has 0 aliphatic rings. The maximum absolute atomic E-state index is 13.0. The number of hydrogen-bond acceptors (Lipinski definition) is 2. The number of fused-ring (bicyclic) bond motifs is 1. The van der Waals surface area contributed by atoms with E-state index in [1.807, 2.05) is 30.3 Å². The second kappa shape index (κ2) is 4.94. The van der Waals surface area contributed by atoms with E-state index in [9.17, 15) is 9.50 Å². The van der Waals surface area contributed by atoms with Crippen LogP contribution in [0.15, 0.2) is 60.7 Å². The van der Waals surface area contributed by atoms with Gasteiger partial charge in [-0.1, -0.05) is 42.5 Å². The largest absolute Gasteiger partial charge is 0.508 e. The van der Waals surface area contributed by atoms with Crippen LogP contribution in [0, 0.1) is 5.82 Å². The van der Waals surface area contributed by atoms with Gasteiger partial charge in [-0.15, -0.1) is 0 Å². The molecule has 20 heavy (non-hydrogen) atoms. The fourth-order valence-electron chi connectivity index (χ4n) is 2.45. The molecule has 3 N–H and O–H groups in total. The molecule has 0 aliphatic carbocycles. The predicted octanol–water partition coefficient (Wildman–Crippen LogP) is 3.73. The van der Waals surface area contributed by atoms with Gasteiger partial charge in [0.05, 0.1) is 6.04 Å². The van der Waals surface area contributed by atoms with E-state index in [0.29, 0.717) is 5.56 Å². The number of halogens is 1. The minimum absolute atomic E-state index is 0.153. The number of hydrogen-bond donors (Lipinski definition) is 2. The molecular weight excluding hydrogens is 253 g/mol. The maximum Gasteiger partial charge on any atom is 0.123 e. The first-order valence-electron chi connectivity index (χ1n) is 6.38. The maximum atomic E-state index is 13.0. The summed E-state index contributed by atoms with van der Waals surface area (Å²) in [6.45, 7) is 0. The zero-order chi connectivity index (χ0) is 14.1. The van der Waals surface area contributed by atoms with Crippen LogP contribution in [-0.2, 0) is 0 Å². The van der Waals surface area contributed by atoms with Crippen LogP contribution in [0.4, 0.5) is 4.39 Å². The molecule has 3 aromatic rings. The Morgan fingerprint density at radius 1 is 0.900 bits per heavy atom. The minimum atomic E-state index is -0.498. The molecule has 0 aromatic heterocycles. The summed E-state index contributed by atoms with van der Waals surface area (Å²) in [5.74, 6) is -0.149. The number of benzene rings is 3. The summed E-state index contributed by atoms with van der Waals surface area (Å²) < 4.78 is 13.0. The van der Waals surface area contributed by atoms with Crippen molar-refractivity contribution in [2.45, 2.75) is 6.04 Å². The quantitative estimate of drug-likeness (QED) is 0.743. The average Bonchev–Trinajstić information content (AvgIpc) is 2.47. The van der Waals surface area contributed by atoms with E-state index in [-0.39, 0.29) is 11.6 Å². The van der Waals surface area contributed by atoms with E-state index >= 15 is 0 Å². The fourth-order valence-corrected chi connectivity index (χ4v) is 2.45. The molecule has 1 atom stereocenters. The summed E-state index contributed by atoms with van der Waals surface area (Å²) in [7, 11) is 0. The van der Waals surface area contributed by atoms with Gasteiger partial charge in [0.15, 0.2) is 0 Å². The van der Waals surface area contributed by atoms with Crippen LogP contribution in [0.3, 0.4) is 0 Å². The normalized spacial score (nSPS) is 12.5. The summed E-state index contributed by atoms with van der Waals surface area (Å²) in [5.41, 5.74) is 7.67. The molecule has 2 nitrogen and oxygen atoms in total. The molecule has 0 amide bonds. The van der Waals surface area contributed by atoms with Crippen molar-refractivity contribution in [2.75, 3.05) is 0 Å². The fraction of sp³-hybridized carbons (Fsp3) is 0.0588. The summed E-state index contributed by atoms with van der Waals surface area (Å²) in [6.07, 6.45) is 0. The zero-order valence-electron chi connectivity index (χ0n) is 10.8. The van der Waals surface area contributed by atoms with Crippen molar-refractivity contribution >= 4 is 10.8 Å². The lowest BCUT2D eigenvalue weighted by Gasteiger charge is -2.17. The average molecular weight is 267 g/mol. The number of phenols is 1. The van der Waals surface area contributed by atoms with E-state index in [0.717, 1.165) is 16.3 Å². The summed E-state index contributed by atoms with van der Waals surface area (Å²) in [5, 5.41) is 12.1. The topological polar surface area (TPSA) is 46.2 Å². The molecule has 0 saturated carbocycles. The first-order valence-corrected chi connectivity index (χ1v) is 6.38. The first kappa shape index (κ1) is 12.6. The molecule has 3 aromatic carbocycles. The van der Waals surface area contributed by atoms with E-state index in [1.165, 1.54) is 12.1 Å². The Bertz CT molecular complexity index is 753. The predicted molar refractivity (Wildman–Crippen MR) is 78.0 cm³/mol. The van der Waals surface area contributed by atoms with Crippen molar-refractivity contribution < 1.29 is 9.50 Å². The smallest absolute Gasteiger partial charge is 0.123 e. The molecule has 0 heterocycles. The second-order valence-electron chi connectivity index (χ2n) is 4.75. The van der Waals surface area contributed by atoms with E-state index in [2.05, 4.69) is 0 Å². The summed E-state index contributed by atoms with van der Waals surface area (Å²) >= 11 is 0. The van der Waals surface area contributed by atoms with Gasteiger partial charge in [0.2, 0.25) is 0 Å². The van der Waals surface area contributed by atoms with E-state index in [4.69, 9.17) is 5.73 Å². The van der Waals surface area contributed by atoms with Crippen molar-refractivity contribution in [2.24, 2.45) is 5.73 Å². The van der Waals surface area contributed by atoms with Crippen LogP contribution in [0.2, 0.25) is 0 Å². The van der Waals surface area contributed by atoms with Crippen molar-refractivity contribution in [3.8, 4) is 5.75 Å². The Labute approximate surface area is 116 Å². The highest BCUT2D eigenvalue weighted by Crippen LogP contribution is 2.34. The molecule has 0 saturated heterocycles. The molecule has 0 radical (unpaired) electrons. The van der Waals surface area contributed by atoms with Crippen LogP contribution < -0.4 is 5.73 Å². The van der Waals surface area contributed by atoms with Gasteiger partial charge >= 0.3 is 0 Å². The lowest BCUT2D eigenvalue weighted by Crippen LogP contribution is -2.12. The van der Waals surface area contributed by atoms with E-state index in [1.54, 1.807) is 18.2 Å². The molecule has 0 fully saturated rings. The highest BCUT2D eigenvalue weighted by Gasteiger charge is 2.16. The van der Waals surface area contributed by atoms with Crippen LogP contribution in [0.1, 0.15) is 17.2 Å². The van der Waals surface area contributed by atoms with Crippen LogP contribution in [0.25, 0.3) is 10.8 Å². The molecule has 100 valence electrons. The van der Waals surface area contributed by atoms with E-state index < -0.39 is 6.04 Å². The van der Waals surface area contributed by atoms with Gasteiger partial charge in [-0.25, -0.2) is 4.39 Å². The van der Waals surface area contributed by atoms with Gasteiger partial charge in [0, 0.05) is 5.56 Å². The molecule has 0 aliphatic heterocycles. The lowest BCUT2D eigenvalue weighted by molar-refractivity contribution is 0.466. The van der Waals surface area contributed by atoms with Crippen molar-refractivity contribution in [3.05, 3.63) is 77.6 Å². The number of aromatic hydroxyl groups is 1. The van der Waals surface area contributed by atoms with Gasteiger partial charge in [0.1, 0.15) is 11.6 Å². The summed E-state index contributed by atoms with van der Waals surface area (Å²) in [4.78, 5) is 0. The van der Waals surface area contributed by atoms with Gasteiger partial charge in [0.25, 0.3) is 0 Å². The SMILES string of the molecule is N[C@H](c1ccc(F)cc1)c1c(O)ccc2ccccc12. The van der Waals surface area contributed by atoms with Crippen molar-refractivity contribution in [3.63, 3.8) is 0 Å². The zero-order valence-corrected chi connectivity index (χ0v) is 10.8. The van der Waals surface area contributed by atoms with Crippen LogP contribution in [-0.4, -0.2) is 5.11 Å². The number of phenolic OH excluding ortho intramolecular Hbond substituents is 1. The standard InChI is InChI=1S/C17H14FNO/c18-13-8-5-12(6-9-13)17(19)16-14-4-2-1-3-11(14)7-10-15(16)20/h1-10,17,20H,19H2/t17-/m1/s1. The van der Waals surface area contributed by atoms with Gasteiger partial charge in [-0.2, -0.15) is 0 Å². The van der Waals surface area contributed by atoms with Crippen LogP contribution >= 0.6 is 0 Å². The highest BCUT2D eigenvalue weighted by atomic mass is 19.1. The molecule has 0 bridgehead atoms. The molecular formula is C17H14FNO. The Morgan fingerprint density at radius 2 is 1.60 bits per heavy atom. The van der Waals surface area contributed by atoms with Crippen LogP contribution in [0.5, 0.6) is 5.75 Å². The third kappa shape index (κ3) is 2.12. The Hall–Kier alpha value is -2.39. The monoisotopic (exact) mass is 267 g/mol. The Kier molecular flexibility index (Phi) is 3.12. The molecule has 3 rings (SSSR count). The molecule has 3 heteroatoms. The first-order chi connectivity index (χ1) is 9.66. The molecule has 0 spiro atoms. The number of nitrogens with two attached hydrogens (primary N) is 1. The lowest BCUT2D eigenvalue weighted by atomic mass is 9.93. The highest BCUT2D eigenvalue weighted by molar-refractivity contribution is 5.88. The summed E-state index contributed by atoms with van der Waals surface area (Å²) in [6, 6.07) is 16.8. The van der Waals surface area contributed by atoms with Gasteiger partial charge < -0.3 is 10.8 Å². The third-order valence-electron chi connectivity index (χ3n) is 3.49. The van der Waals surface area contributed by atoms with Crippen molar-refractivity contribution in [1.29, 1.82) is 0 Å². The van der Waals surface area contributed by atoms with Gasteiger partial charge in [-0.3, -0.25) is 0 Å². The second-order valence-corrected chi connectivity index (χ2v) is 4.75. The number of rotatable bonds is 2. The Morgan fingerprint density at radius 3 is 2.35 bits per heavy atom. The Balaban J connectivity index is 2.18. The third-order valence-corrected chi connectivity index (χ3v) is 3.49. The van der Waals surface area contributed by atoms with Gasteiger partial charge in [-0.05, 0) is 34.5 Å². The minimum Gasteiger partial charge on any atom is -0.508 e. The van der Waals surface area contributed by atoms with Crippen molar-refractivity contribution in [1.82, 2.24) is 0 Å².